The second kappa shape index (κ2) is 7.00. The molecule has 0 aromatic heterocycles. The quantitative estimate of drug-likeness (QED) is 0.637. The molecule has 1 aromatic rings. The number of hydrogen-bond acceptors (Lipinski definition) is 6. The van der Waals surface area contributed by atoms with E-state index in [1.165, 1.54) is 23.5 Å². The molecule has 0 spiro atoms. The molecule has 24 heavy (non-hydrogen) atoms. The van der Waals surface area contributed by atoms with Crippen LogP contribution in [-0.2, 0) is 9.59 Å². The van der Waals surface area contributed by atoms with Gasteiger partial charge < -0.3 is 10.0 Å². The number of anilines is 1. The largest absolute Gasteiger partial charge is 0.480 e. The Labute approximate surface area is 153 Å². The number of nitrogens with zero attached hydrogens (tertiary/aromatic N) is 2. The third-order valence-corrected chi connectivity index (χ3v) is 6.02. The van der Waals surface area contributed by atoms with Crippen LogP contribution in [0.15, 0.2) is 51.2 Å². The number of amides is 1. The van der Waals surface area contributed by atoms with Gasteiger partial charge in [0.25, 0.3) is 5.91 Å². The minimum Gasteiger partial charge on any atom is -0.480 e. The number of hydrogen-bond donors (Lipinski definition) is 1. The number of carboxylic acids is 1. The highest BCUT2D eigenvalue weighted by Crippen LogP contribution is 2.45. The van der Waals surface area contributed by atoms with Gasteiger partial charge in [-0.2, -0.15) is 0 Å². The molecule has 0 atom stereocenters. The van der Waals surface area contributed by atoms with Crippen LogP contribution in [0.4, 0.5) is 5.69 Å². The monoisotopic (exact) mass is 378 g/mol. The maximum atomic E-state index is 12.2. The Hall–Kier alpha value is -1.77. The first-order valence-corrected chi connectivity index (χ1v) is 9.27. The normalized spacial score (nSPS) is 20.4. The fourth-order valence-electron chi connectivity index (χ4n) is 2.41. The Bertz CT molecular complexity index is 789. The molecule has 1 saturated heterocycles. The zero-order valence-electron chi connectivity index (χ0n) is 12.8. The first-order chi connectivity index (χ1) is 11.5. The maximum absolute atomic E-state index is 12.2. The fraction of sp³-hybridized carbons (Fsp3) is 0.188. The molecule has 2 heterocycles. The Morgan fingerprint density at radius 3 is 2.67 bits per heavy atom. The van der Waals surface area contributed by atoms with Crippen LogP contribution in [0.25, 0.3) is 0 Å². The molecule has 124 valence electrons. The number of carbonyl (C=O) groups excluding carboxylic acids is 1. The Morgan fingerprint density at radius 2 is 2.00 bits per heavy atom. The number of carboxylic acid groups (broad SMARTS) is 1. The molecule has 1 fully saturated rings. The molecule has 1 aromatic carbocycles. The van der Waals surface area contributed by atoms with Crippen molar-refractivity contribution in [3.05, 3.63) is 46.4 Å². The van der Waals surface area contributed by atoms with Crippen LogP contribution in [0.1, 0.15) is 6.92 Å². The first-order valence-electron chi connectivity index (χ1n) is 7.23. The van der Waals surface area contributed by atoms with Gasteiger partial charge in [-0.3, -0.25) is 14.5 Å². The van der Waals surface area contributed by atoms with Crippen molar-refractivity contribution in [2.45, 2.75) is 11.8 Å². The van der Waals surface area contributed by atoms with Crippen molar-refractivity contribution < 1.29 is 14.7 Å². The molecule has 5 nitrogen and oxygen atoms in total. The molecular formula is C16H14N2O3S3. The van der Waals surface area contributed by atoms with E-state index in [9.17, 15) is 9.59 Å². The zero-order chi connectivity index (χ0) is 17.3. The summed E-state index contributed by atoms with van der Waals surface area (Å²) in [6, 6.07) is 7.64. The van der Waals surface area contributed by atoms with Crippen molar-refractivity contribution in [2.75, 3.05) is 18.0 Å². The minimum atomic E-state index is -0.907. The van der Waals surface area contributed by atoms with Crippen LogP contribution < -0.4 is 4.90 Å². The van der Waals surface area contributed by atoms with Gasteiger partial charge in [-0.15, -0.1) is 0 Å². The molecule has 1 amide bonds. The topological polar surface area (TPSA) is 60.9 Å². The molecule has 0 saturated carbocycles. The minimum absolute atomic E-state index is 0.102. The summed E-state index contributed by atoms with van der Waals surface area (Å²) < 4.78 is 0.553. The number of fused-ring (bicyclic) bond motifs is 1. The highest BCUT2D eigenvalue weighted by atomic mass is 32.2. The number of para-hydroxylation sites is 1. The Morgan fingerprint density at radius 1 is 1.25 bits per heavy atom. The highest BCUT2D eigenvalue weighted by Gasteiger charge is 2.31. The van der Waals surface area contributed by atoms with Gasteiger partial charge in [-0.05, 0) is 31.2 Å². The van der Waals surface area contributed by atoms with Crippen molar-refractivity contribution in [3.63, 3.8) is 0 Å². The molecule has 0 bridgehead atoms. The molecule has 2 aliphatic rings. The molecule has 1 N–H and O–H groups in total. The van der Waals surface area contributed by atoms with Crippen molar-refractivity contribution in [3.8, 4) is 0 Å². The lowest BCUT2D eigenvalue weighted by Gasteiger charge is -2.17. The number of likely N-dealkylation sites (N-methyl/N-ethyl adjacent to an activating group) is 1. The van der Waals surface area contributed by atoms with E-state index in [4.69, 9.17) is 17.3 Å². The predicted molar refractivity (Wildman–Crippen MR) is 101 cm³/mol. The molecule has 0 radical (unpaired) electrons. The van der Waals surface area contributed by atoms with Crippen LogP contribution in [-0.4, -0.2) is 39.3 Å². The van der Waals surface area contributed by atoms with E-state index < -0.39 is 5.97 Å². The van der Waals surface area contributed by atoms with Crippen LogP contribution in [0.5, 0.6) is 0 Å². The summed E-state index contributed by atoms with van der Waals surface area (Å²) in [7, 11) is 0. The zero-order valence-corrected chi connectivity index (χ0v) is 15.2. The number of thioether (sulfide) groups is 2. The summed E-state index contributed by atoms with van der Waals surface area (Å²) >= 11 is 7.95. The van der Waals surface area contributed by atoms with Gasteiger partial charge in [0.1, 0.15) is 10.9 Å². The molecule has 0 aliphatic carbocycles. The Balaban J connectivity index is 1.90. The second-order valence-corrected chi connectivity index (χ2v) is 7.74. The van der Waals surface area contributed by atoms with Gasteiger partial charge in [0.2, 0.25) is 0 Å². The lowest BCUT2D eigenvalue weighted by atomic mass is 10.3. The molecule has 3 rings (SSSR count). The highest BCUT2D eigenvalue weighted by molar-refractivity contribution is 8.26. The van der Waals surface area contributed by atoms with Crippen molar-refractivity contribution >= 4 is 57.6 Å². The second-order valence-electron chi connectivity index (χ2n) is 5.00. The average molecular weight is 379 g/mol. The average Bonchev–Trinajstić information content (AvgIpc) is 3.02. The molecule has 2 aliphatic heterocycles. The van der Waals surface area contributed by atoms with Gasteiger partial charge in [-0.1, -0.05) is 47.9 Å². The van der Waals surface area contributed by atoms with Crippen molar-refractivity contribution in [2.24, 2.45) is 0 Å². The summed E-state index contributed by atoms with van der Waals surface area (Å²) in [5.41, 5.74) is 0.866. The predicted octanol–water partition coefficient (Wildman–Crippen LogP) is 3.29. The van der Waals surface area contributed by atoms with Crippen LogP contribution >= 0.6 is 35.7 Å². The number of benzene rings is 1. The van der Waals surface area contributed by atoms with Gasteiger partial charge >= 0.3 is 5.97 Å². The molecule has 0 unspecified atom stereocenters. The van der Waals surface area contributed by atoms with E-state index in [0.717, 1.165) is 15.6 Å². The van der Waals surface area contributed by atoms with E-state index in [0.29, 0.717) is 15.8 Å². The number of allylic oxidation sites excluding steroid dienone is 2. The molecule has 8 heteroatoms. The van der Waals surface area contributed by atoms with Gasteiger partial charge in [0.15, 0.2) is 0 Å². The third kappa shape index (κ3) is 3.22. The number of rotatable bonds is 4. The number of carbonyl (C=O) groups is 2. The van der Waals surface area contributed by atoms with Gasteiger partial charge in [0.05, 0.1) is 15.6 Å². The third-order valence-electron chi connectivity index (χ3n) is 3.50. The summed E-state index contributed by atoms with van der Waals surface area (Å²) in [4.78, 5) is 28.3. The molecular weight excluding hydrogens is 364 g/mol. The summed E-state index contributed by atoms with van der Waals surface area (Å²) in [5.74, 6) is -1.01. The smallest absolute Gasteiger partial charge is 0.323 e. The van der Waals surface area contributed by atoms with Crippen LogP contribution in [0.2, 0.25) is 0 Å². The summed E-state index contributed by atoms with van der Waals surface area (Å²) in [6.07, 6.45) is 3.51. The standard InChI is InChI=1S/C16H14N2O3S3/c1-2-17-15(21)12(24-16(17)22)7-8-13-18(9-14(19)20)10-5-3-4-6-11(10)23-13/h3-8H,2,9H2,1H3,(H,19,20)/b12-7+,13-8-. The SMILES string of the molecule is CCN1C(=O)/C(=C\C=C2/Sc3ccccc3N2CC(=O)O)SC1=S. The van der Waals surface area contributed by atoms with E-state index in [1.54, 1.807) is 22.0 Å². The first kappa shape index (κ1) is 17.1. The maximum Gasteiger partial charge on any atom is 0.323 e. The van der Waals surface area contributed by atoms with Crippen molar-refractivity contribution in [1.29, 1.82) is 0 Å². The summed E-state index contributed by atoms with van der Waals surface area (Å²) in [5, 5.41) is 9.94. The van der Waals surface area contributed by atoms with E-state index in [1.807, 2.05) is 31.2 Å². The van der Waals surface area contributed by atoms with Gasteiger partial charge in [0, 0.05) is 11.4 Å². The fourth-order valence-corrected chi connectivity index (χ4v) is 4.80. The lowest BCUT2D eigenvalue weighted by Crippen LogP contribution is -2.27. The van der Waals surface area contributed by atoms with E-state index >= 15 is 0 Å². The van der Waals surface area contributed by atoms with Gasteiger partial charge in [-0.25, -0.2) is 0 Å². The van der Waals surface area contributed by atoms with E-state index in [2.05, 4.69) is 0 Å². The Kier molecular flexibility index (Phi) is 4.98. The summed E-state index contributed by atoms with van der Waals surface area (Å²) in [6.45, 7) is 2.30. The van der Waals surface area contributed by atoms with Crippen molar-refractivity contribution in [1.82, 2.24) is 4.90 Å². The number of thiocarbonyl (C=S) groups is 1. The number of aliphatic carboxylic acids is 1. The van der Waals surface area contributed by atoms with E-state index in [-0.39, 0.29) is 12.5 Å². The van der Waals surface area contributed by atoms with Crippen LogP contribution in [0.3, 0.4) is 0 Å². The van der Waals surface area contributed by atoms with Crippen LogP contribution in [0, 0.1) is 0 Å². The lowest BCUT2D eigenvalue weighted by molar-refractivity contribution is -0.135.